The summed E-state index contributed by atoms with van der Waals surface area (Å²) in [4.78, 5) is 59.8. The highest BCUT2D eigenvalue weighted by atomic mass is 32.1. The zero-order valence-electron chi connectivity index (χ0n) is 31.5. The van der Waals surface area contributed by atoms with Crippen LogP contribution < -0.4 is 16.0 Å². The maximum Gasteiger partial charge on any atom is 0.330 e. The molecule has 2 atom stereocenters. The molecule has 0 bridgehead atoms. The number of pyridine rings is 1. The van der Waals surface area contributed by atoms with Crippen molar-refractivity contribution in [3.05, 3.63) is 35.1 Å². The molecule has 280 valence electrons. The van der Waals surface area contributed by atoms with Crippen molar-refractivity contribution in [2.45, 2.75) is 109 Å². The van der Waals surface area contributed by atoms with Crippen molar-refractivity contribution in [1.29, 1.82) is 0 Å². The first-order valence-electron chi connectivity index (χ1n) is 16.9. The highest BCUT2D eigenvalue weighted by Crippen LogP contribution is 2.37. The number of ether oxygens (including phenoxy) is 1. The van der Waals surface area contributed by atoms with Crippen LogP contribution in [0, 0.1) is 0 Å². The topological polar surface area (TPSA) is 178 Å². The van der Waals surface area contributed by atoms with E-state index in [1.165, 1.54) is 17.5 Å². The molecule has 3 amide bonds. The van der Waals surface area contributed by atoms with E-state index >= 15 is 0 Å². The van der Waals surface area contributed by atoms with Gasteiger partial charge in [0.1, 0.15) is 22.4 Å². The molecule has 0 spiro atoms. The first-order valence-corrected chi connectivity index (χ1v) is 23.6. The summed E-state index contributed by atoms with van der Waals surface area (Å²) in [6.45, 7) is 21.8. The van der Waals surface area contributed by atoms with Crippen molar-refractivity contribution in [1.82, 2.24) is 25.9 Å². The predicted octanol–water partition coefficient (Wildman–Crippen LogP) is 4.90. The molecule has 0 radical (unpaired) electrons. The minimum atomic E-state index is -2.32. The fourth-order valence-corrected chi connectivity index (χ4v) is 6.82. The SMILES string of the molecule is COC(=O)[C@H](CO)NC(=O)[C@H](CO[Si](C)(C)C(C)(C)C)NC(=O)c1csc(-c2ccc(C(=O)NCCCCCO[Si](C)(C)C(C)(C)C)nc2)n1. The minimum Gasteiger partial charge on any atom is -0.467 e. The molecule has 0 aliphatic heterocycles. The summed E-state index contributed by atoms with van der Waals surface area (Å²) in [5.74, 6) is -2.43. The van der Waals surface area contributed by atoms with Crippen LogP contribution in [0.4, 0.5) is 0 Å². The number of hydrogen-bond acceptors (Lipinski definition) is 11. The van der Waals surface area contributed by atoms with Crippen molar-refractivity contribution < 1.29 is 37.9 Å². The molecular formula is C34H57N5O8SSi2. The van der Waals surface area contributed by atoms with Gasteiger partial charge in [-0.25, -0.2) is 9.78 Å². The normalized spacial score (nSPS) is 13.7. The van der Waals surface area contributed by atoms with Crippen LogP contribution in [-0.4, -0.2) is 101 Å². The first-order chi connectivity index (χ1) is 23.1. The van der Waals surface area contributed by atoms with E-state index in [0.29, 0.717) is 17.1 Å². The molecule has 0 aliphatic rings. The molecule has 0 fully saturated rings. The Bertz CT molecular complexity index is 1440. The van der Waals surface area contributed by atoms with Crippen LogP contribution in [0.15, 0.2) is 23.7 Å². The highest BCUT2D eigenvalue weighted by Gasteiger charge is 2.39. The predicted molar refractivity (Wildman–Crippen MR) is 200 cm³/mol. The van der Waals surface area contributed by atoms with E-state index in [9.17, 15) is 24.3 Å². The van der Waals surface area contributed by atoms with Gasteiger partial charge in [0.05, 0.1) is 20.3 Å². The van der Waals surface area contributed by atoms with Gasteiger partial charge in [-0.05, 0) is 67.7 Å². The van der Waals surface area contributed by atoms with Crippen LogP contribution >= 0.6 is 11.3 Å². The van der Waals surface area contributed by atoms with E-state index in [1.54, 1.807) is 17.5 Å². The summed E-state index contributed by atoms with van der Waals surface area (Å²) in [5, 5.41) is 19.7. The molecule has 50 heavy (non-hydrogen) atoms. The van der Waals surface area contributed by atoms with Crippen LogP contribution in [0.3, 0.4) is 0 Å². The van der Waals surface area contributed by atoms with Crippen LogP contribution in [0.25, 0.3) is 10.6 Å². The lowest BCUT2D eigenvalue weighted by Gasteiger charge is -2.37. The number of carbonyl (C=O) groups is 4. The number of aliphatic hydroxyl groups is 1. The molecule has 4 N–H and O–H groups in total. The molecular weight excluding hydrogens is 695 g/mol. The minimum absolute atomic E-state index is 0.0679. The van der Waals surface area contributed by atoms with Gasteiger partial charge in [0, 0.05) is 30.3 Å². The second-order valence-corrected chi connectivity index (χ2v) is 25.7. The van der Waals surface area contributed by atoms with E-state index < -0.39 is 53.1 Å². The van der Waals surface area contributed by atoms with Crippen molar-refractivity contribution in [2.75, 3.05) is 33.5 Å². The maximum atomic E-state index is 13.3. The van der Waals surface area contributed by atoms with E-state index in [1.807, 2.05) is 33.9 Å². The van der Waals surface area contributed by atoms with Gasteiger partial charge < -0.3 is 34.6 Å². The third-order valence-electron chi connectivity index (χ3n) is 9.38. The Balaban J connectivity index is 2.00. The van der Waals surface area contributed by atoms with E-state index in [2.05, 4.69) is 64.5 Å². The zero-order valence-corrected chi connectivity index (χ0v) is 34.3. The summed E-state index contributed by atoms with van der Waals surface area (Å²) in [6, 6.07) is 0.832. The monoisotopic (exact) mass is 751 g/mol. The quantitative estimate of drug-likeness (QED) is 0.0931. The number of nitrogens with one attached hydrogen (secondary N) is 3. The van der Waals surface area contributed by atoms with E-state index in [-0.39, 0.29) is 34.0 Å². The van der Waals surface area contributed by atoms with E-state index in [0.717, 1.165) is 33.0 Å². The number of amides is 3. The summed E-state index contributed by atoms with van der Waals surface area (Å²) >= 11 is 1.21. The lowest BCUT2D eigenvalue weighted by atomic mass is 10.2. The number of aliphatic hydroxyl groups excluding tert-OH is 1. The Morgan fingerprint density at radius 3 is 2.06 bits per heavy atom. The average Bonchev–Trinajstić information content (AvgIpc) is 3.54. The molecule has 2 heterocycles. The van der Waals surface area contributed by atoms with Crippen LogP contribution in [-0.2, 0) is 23.2 Å². The molecule has 2 aromatic rings. The first kappa shape index (κ1) is 43.1. The number of unbranched alkanes of at least 4 members (excludes halogenated alkanes) is 2. The number of aromatic nitrogens is 2. The van der Waals surface area contributed by atoms with Gasteiger partial charge in [-0.15, -0.1) is 11.3 Å². The molecule has 16 heteroatoms. The average molecular weight is 752 g/mol. The van der Waals surface area contributed by atoms with Crippen molar-refractivity contribution >= 4 is 51.7 Å². The second kappa shape index (κ2) is 18.5. The fraction of sp³-hybridized carbons (Fsp3) is 0.647. The van der Waals surface area contributed by atoms with Gasteiger partial charge >= 0.3 is 5.97 Å². The summed E-state index contributed by atoms with van der Waals surface area (Å²) < 4.78 is 17.1. The molecule has 0 saturated heterocycles. The van der Waals surface area contributed by atoms with Gasteiger partial charge in [-0.3, -0.25) is 19.4 Å². The molecule has 2 rings (SSSR count). The smallest absolute Gasteiger partial charge is 0.330 e. The molecule has 0 aliphatic carbocycles. The Kier molecular flexibility index (Phi) is 15.9. The van der Waals surface area contributed by atoms with Gasteiger partial charge in [-0.1, -0.05) is 41.5 Å². The Morgan fingerprint density at radius 2 is 1.50 bits per heavy atom. The molecule has 0 unspecified atom stereocenters. The number of methoxy groups -OCH3 is 1. The number of carbonyl (C=O) groups excluding carboxylic acids is 4. The molecule has 0 saturated carbocycles. The second-order valence-electron chi connectivity index (χ2n) is 15.3. The zero-order chi connectivity index (χ0) is 37.9. The third kappa shape index (κ3) is 12.6. The lowest BCUT2D eigenvalue weighted by molar-refractivity contribution is -0.146. The van der Waals surface area contributed by atoms with Crippen molar-refractivity contribution in [3.63, 3.8) is 0 Å². The number of rotatable bonds is 18. The number of nitrogens with zero attached hydrogens (tertiary/aromatic N) is 2. The Labute approximate surface area is 302 Å². The Morgan fingerprint density at radius 1 is 0.860 bits per heavy atom. The van der Waals surface area contributed by atoms with Crippen molar-refractivity contribution in [2.24, 2.45) is 0 Å². The lowest BCUT2D eigenvalue weighted by Crippen LogP contribution is -2.56. The fourth-order valence-electron chi connectivity index (χ4n) is 3.92. The summed E-state index contributed by atoms with van der Waals surface area (Å²) in [7, 11) is -2.93. The number of hydrogen-bond donors (Lipinski definition) is 4. The maximum absolute atomic E-state index is 13.3. The van der Waals surface area contributed by atoms with Gasteiger partial charge in [0.2, 0.25) is 5.91 Å². The van der Waals surface area contributed by atoms with E-state index in [4.69, 9.17) is 8.85 Å². The highest BCUT2D eigenvalue weighted by molar-refractivity contribution is 7.13. The van der Waals surface area contributed by atoms with Gasteiger partial charge in [0.15, 0.2) is 22.7 Å². The summed E-state index contributed by atoms with van der Waals surface area (Å²) in [6.07, 6.45) is 4.26. The number of thiazole rings is 1. The molecule has 13 nitrogen and oxygen atoms in total. The number of esters is 1. The van der Waals surface area contributed by atoms with Crippen molar-refractivity contribution in [3.8, 4) is 10.6 Å². The molecule has 0 aromatic carbocycles. The largest absolute Gasteiger partial charge is 0.467 e. The van der Waals surface area contributed by atoms with Gasteiger partial charge in [0.25, 0.3) is 11.8 Å². The Hall–Kier alpha value is -3.03. The third-order valence-corrected chi connectivity index (χ3v) is 19.3. The van der Waals surface area contributed by atoms with Gasteiger partial charge in [-0.2, -0.15) is 0 Å². The molecule has 2 aromatic heterocycles. The standard InChI is InChI=1S/C34H57N5O8SSi2/c1-33(2,3)49(8,9)46-18-14-12-13-17-35-28(41)24-16-15-23(19-36-24)31-39-27(22-48-31)30(43)38-26(21-47-50(10,11)34(4,5)6)29(42)37-25(20-40)32(44)45-7/h15-16,19,22,25-26,40H,12-14,17-18,20-21H2,1-11H3,(H,35,41)(H,37,42)(H,38,43)/t25-,26-/m0/s1. The van der Waals surface area contributed by atoms with Crippen LogP contribution in [0.2, 0.25) is 36.3 Å². The van der Waals surface area contributed by atoms with Crippen LogP contribution in [0.1, 0.15) is 81.8 Å². The summed E-state index contributed by atoms with van der Waals surface area (Å²) in [5.41, 5.74) is 0.957. The van der Waals surface area contributed by atoms with Crippen LogP contribution in [0.5, 0.6) is 0 Å².